The van der Waals surface area contributed by atoms with E-state index in [9.17, 15) is 0 Å². The summed E-state index contributed by atoms with van der Waals surface area (Å²) in [5.41, 5.74) is 7.95. The first-order chi connectivity index (χ1) is 8.33. The van der Waals surface area contributed by atoms with Crippen molar-refractivity contribution in [2.75, 3.05) is 12.3 Å². The maximum atomic E-state index is 5.78. The summed E-state index contributed by atoms with van der Waals surface area (Å²) in [5.74, 6) is 3.03. The zero-order valence-electron chi connectivity index (χ0n) is 10.4. The van der Waals surface area contributed by atoms with E-state index in [4.69, 9.17) is 5.73 Å². The second kappa shape index (κ2) is 4.69. The fourth-order valence-corrected chi connectivity index (χ4v) is 2.85. The molecule has 0 spiro atoms. The first kappa shape index (κ1) is 11.1. The maximum Gasteiger partial charge on any atom is 0.0317 e. The van der Waals surface area contributed by atoms with Crippen LogP contribution in [0.15, 0.2) is 24.3 Å². The first-order valence-corrected chi connectivity index (χ1v) is 6.88. The lowest BCUT2D eigenvalue weighted by Crippen LogP contribution is -2.25. The largest absolute Gasteiger partial charge is 0.399 e. The van der Waals surface area contributed by atoms with Crippen LogP contribution in [0, 0.1) is 17.8 Å². The Kier molecular flexibility index (Phi) is 3.06. The highest BCUT2D eigenvalue weighted by molar-refractivity contribution is 5.40. The van der Waals surface area contributed by atoms with Crippen molar-refractivity contribution in [3.05, 3.63) is 29.8 Å². The Morgan fingerprint density at radius 1 is 1.18 bits per heavy atom. The molecule has 0 saturated heterocycles. The molecule has 0 unspecified atom stereocenters. The van der Waals surface area contributed by atoms with Crippen molar-refractivity contribution >= 4 is 5.69 Å². The molecule has 2 aliphatic carbocycles. The molecule has 0 heterocycles. The summed E-state index contributed by atoms with van der Waals surface area (Å²) in [6, 6.07) is 8.19. The van der Waals surface area contributed by atoms with Crippen molar-refractivity contribution in [1.82, 2.24) is 5.32 Å². The Morgan fingerprint density at radius 3 is 2.47 bits per heavy atom. The lowest BCUT2D eigenvalue weighted by molar-refractivity contribution is 0.378. The van der Waals surface area contributed by atoms with Gasteiger partial charge in [-0.15, -0.1) is 0 Å². The number of benzene rings is 1. The SMILES string of the molecule is Nc1cccc(CNCC(C2CC2)C2CC2)c1. The molecule has 2 saturated carbocycles. The van der Waals surface area contributed by atoms with E-state index in [-0.39, 0.29) is 0 Å². The molecule has 0 aromatic heterocycles. The number of nitrogen functional groups attached to an aromatic ring is 1. The standard InChI is InChI=1S/C15H22N2/c16-14-3-1-2-11(8-14)9-17-10-15(12-4-5-12)13-6-7-13/h1-3,8,12-13,15,17H,4-7,9-10,16H2. The lowest BCUT2D eigenvalue weighted by atomic mass is 9.98. The Balaban J connectivity index is 1.47. The third-order valence-electron chi connectivity index (χ3n) is 4.12. The summed E-state index contributed by atoms with van der Waals surface area (Å²) in [4.78, 5) is 0. The lowest BCUT2D eigenvalue weighted by Gasteiger charge is -2.16. The van der Waals surface area contributed by atoms with Gasteiger partial charge in [-0.05, 0) is 67.7 Å². The zero-order valence-corrected chi connectivity index (χ0v) is 10.4. The van der Waals surface area contributed by atoms with Crippen molar-refractivity contribution in [3.8, 4) is 0 Å². The van der Waals surface area contributed by atoms with E-state index in [0.717, 1.165) is 30.0 Å². The molecule has 3 N–H and O–H groups in total. The molecule has 2 aliphatic rings. The highest BCUT2D eigenvalue weighted by Crippen LogP contribution is 2.48. The average Bonchev–Trinajstić information content (AvgIpc) is 3.15. The number of nitrogens with one attached hydrogen (secondary N) is 1. The topological polar surface area (TPSA) is 38.0 Å². The minimum absolute atomic E-state index is 0.866. The smallest absolute Gasteiger partial charge is 0.0317 e. The van der Waals surface area contributed by atoms with Gasteiger partial charge in [0.2, 0.25) is 0 Å². The van der Waals surface area contributed by atoms with Gasteiger partial charge in [-0.25, -0.2) is 0 Å². The van der Waals surface area contributed by atoms with Gasteiger partial charge in [-0.1, -0.05) is 12.1 Å². The third kappa shape index (κ3) is 3.01. The molecule has 0 aliphatic heterocycles. The van der Waals surface area contributed by atoms with Crippen molar-refractivity contribution in [2.45, 2.75) is 32.2 Å². The van der Waals surface area contributed by atoms with E-state index < -0.39 is 0 Å². The van der Waals surface area contributed by atoms with Crippen LogP contribution in [-0.2, 0) is 6.54 Å². The van der Waals surface area contributed by atoms with Gasteiger partial charge >= 0.3 is 0 Å². The minimum Gasteiger partial charge on any atom is -0.399 e. The van der Waals surface area contributed by atoms with Crippen molar-refractivity contribution in [3.63, 3.8) is 0 Å². The average molecular weight is 230 g/mol. The summed E-state index contributed by atoms with van der Waals surface area (Å²) in [6.07, 6.45) is 5.89. The zero-order chi connectivity index (χ0) is 11.7. The third-order valence-corrected chi connectivity index (χ3v) is 4.12. The van der Waals surface area contributed by atoms with E-state index in [1.807, 2.05) is 12.1 Å². The molecule has 0 bridgehead atoms. The van der Waals surface area contributed by atoms with Gasteiger partial charge in [0.15, 0.2) is 0 Å². The van der Waals surface area contributed by atoms with E-state index in [0.29, 0.717) is 0 Å². The Hall–Kier alpha value is -1.02. The van der Waals surface area contributed by atoms with E-state index in [2.05, 4.69) is 17.4 Å². The van der Waals surface area contributed by atoms with Crippen LogP contribution < -0.4 is 11.1 Å². The van der Waals surface area contributed by atoms with Gasteiger partial charge in [0.05, 0.1) is 0 Å². The summed E-state index contributed by atoms with van der Waals surface area (Å²) in [5, 5.41) is 3.62. The molecule has 1 aromatic rings. The molecule has 3 rings (SSSR count). The summed E-state index contributed by atoms with van der Waals surface area (Å²) in [7, 11) is 0. The highest BCUT2D eigenvalue weighted by atomic mass is 14.9. The van der Waals surface area contributed by atoms with E-state index >= 15 is 0 Å². The van der Waals surface area contributed by atoms with Crippen LogP contribution in [0.25, 0.3) is 0 Å². The highest BCUT2D eigenvalue weighted by Gasteiger charge is 2.40. The predicted octanol–water partition coefficient (Wildman–Crippen LogP) is 2.79. The molecule has 17 heavy (non-hydrogen) atoms. The molecular weight excluding hydrogens is 208 g/mol. The van der Waals surface area contributed by atoms with Gasteiger partial charge in [0.1, 0.15) is 0 Å². The van der Waals surface area contributed by atoms with Crippen molar-refractivity contribution in [1.29, 1.82) is 0 Å². The summed E-state index contributed by atoms with van der Waals surface area (Å²) >= 11 is 0. The number of nitrogens with two attached hydrogens (primary N) is 1. The van der Waals surface area contributed by atoms with Crippen molar-refractivity contribution < 1.29 is 0 Å². The molecule has 0 amide bonds. The molecule has 0 radical (unpaired) electrons. The van der Waals surface area contributed by atoms with Crippen LogP contribution in [0.3, 0.4) is 0 Å². The van der Waals surface area contributed by atoms with Gasteiger partial charge in [0, 0.05) is 12.2 Å². The van der Waals surface area contributed by atoms with Gasteiger partial charge < -0.3 is 11.1 Å². The number of hydrogen-bond acceptors (Lipinski definition) is 2. The van der Waals surface area contributed by atoms with Gasteiger partial charge in [-0.3, -0.25) is 0 Å². The van der Waals surface area contributed by atoms with Crippen LogP contribution in [0.1, 0.15) is 31.2 Å². The molecule has 2 fully saturated rings. The van der Waals surface area contributed by atoms with Crippen LogP contribution >= 0.6 is 0 Å². The number of hydrogen-bond donors (Lipinski definition) is 2. The van der Waals surface area contributed by atoms with Gasteiger partial charge in [-0.2, -0.15) is 0 Å². The van der Waals surface area contributed by atoms with Crippen LogP contribution in [-0.4, -0.2) is 6.54 Å². The summed E-state index contributed by atoms with van der Waals surface area (Å²) < 4.78 is 0. The molecule has 1 aromatic carbocycles. The Morgan fingerprint density at radius 2 is 1.88 bits per heavy atom. The maximum absolute atomic E-state index is 5.78. The second-order valence-electron chi connectivity index (χ2n) is 5.71. The van der Waals surface area contributed by atoms with Crippen LogP contribution in [0.2, 0.25) is 0 Å². The van der Waals surface area contributed by atoms with Crippen LogP contribution in [0.5, 0.6) is 0 Å². The minimum atomic E-state index is 0.866. The Bertz CT molecular complexity index is 368. The van der Waals surface area contributed by atoms with E-state index in [1.165, 1.54) is 37.8 Å². The number of rotatable bonds is 6. The molecule has 92 valence electrons. The number of anilines is 1. The van der Waals surface area contributed by atoms with Gasteiger partial charge in [0.25, 0.3) is 0 Å². The second-order valence-corrected chi connectivity index (χ2v) is 5.71. The Labute approximate surface area is 104 Å². The normalized spacial score (nSPS) is 19.8. The fraction of sp³-hybridized carbons (Fsp3) is 0.600. The summed E-state index contributed by atoms with van der Waals surface area (Å²) in [6.45, 7) is 2.16. The molecule has 2 heteroatoms. The van der Waals surface area contributed by atoms with Crippen molar-refractivity contribution in [2.24, 2.45) is 17.8 Å². The molecule has 2 nitrogen and oxygen atoms in total. The van der Waals surface area contributed by atoms with Crippen LogP contribution in [0.4, 0.5) is 5.69 Å². The quantitative estimate of drug-likeness (QED) is 0.737. The fourth-order valence-electron chi connectivity index (χ4n) is 2.85. The molecular formula is C15H22N2. The molecule has 0 atom stereocenters. The van der Waals surface area contributed by atoms with E-state index in [1.54, 1.807) is 0 Å². The monoisotopic (exact) mass is 230 g/mol. The predicted molar refractivity (Wildman–Crippen MR) is 71.5 cm³/mol. The first-order valence-electron chi connectivity index (χ1n) is 6.88.